The van der Waals surface area contributed by atoms with E-state index >= 15 is 0 Å². The third-order valence-electron chi connectivity index (χ3n) is 4.43. The Morgan fingerprint density at radius 3 is 2.32 bits per heavy atom. The van der Waals surface area contributed by atoms with Crippen molar-refractivity contribution in [2.24, 2.45) is 5.73 Å². The fourth-order valence-corrected chi connectivity index (χ4v) is 2.91. The van der Waals surface area contributed by atoms with Crippen molar-refractivity contribution in [3.05, 3.63) is 58.1 Å². The summed E-state index contributed by atoms with van der Waals surface area (Å²) in [5.74, 6) is 1.60. The Morgan fingerprint density at radius 1 is 0.955 bits per heavy atom. The topological polar surface area (TPSA) is 44.5 Å². The van der Waals surface area contributed by atoms with Gasteiger partial charge in [0.1, 0.15) is 6.61 Å². The SMILES string of the molecule is Cc1ccc(C(N)C2COc3cc(C)c(C)cc3O2)c(C)c1. The highest BCUT2D eigenvalue weighted by atomic mass is 16.6. The second-order valence-corrected chi connectivity index (χ2v) is 6.24. The average molecular weight is 297 g/mol. The van der Waals surface area contributed by atoms with Crippen molar-refractivity contribution in [3.63, 3.8) is 0 Å². The maximum Gasteiger partial charge on any atom is 0.162 e. The largest absolute Gasteiger partial charge is 0.486 e. The first-order chi connectivity index (χ1) is 10.5. The molecule has 2 aromatic carbocycles. The van der Waals surface area contributed by atoms with E-state index in [2.05, 4.69) is 45.9 Å². The van der Waals surface area contributed by atoms with E-state index < -0.39 is 0 Å². The zero-order valence-electron chi connectivity index (χ0n) is 13.6. The summed E-state index contributed by atoms with van der Waals surface area (Å²) in [6, 6.07) is 10.2. The first-order valence-electron chi connectivity index (χ1n) is 7.69. The first-order valence-corrected chi connectivity index (χ1v) is 7.69. The molecule has 2 N–H and O–H groups in total. The second-order valence-electron chi connectivity index (χ2n) is 6.24. The Bertz CT molecular complexity index is 709. The smallest absolute Gasteiger partial charge is 0.162 e. The van der Waals surface area contributed by atoms with E-state index in [1.807, 2.05) is 12.1 Å². The van der Waals surface area contributed by atoms with E-state index in [1.165, 1.54) is 22.3 Å². The average Bonchev–Trinajstić information content (AvgIpc) is 2.47. The summed E-state index contributed by atoms with van der Waals surface area (Å²) in [7, 11) is 0. The molecular weight excluding hydrogens is 274 g/mol. The minimum atomic E-state index is -0.199. The molecule has 2 atom stereocenters. The summed E-state index contributed by atoms with van der Waals surface area (Å²) in [6.07, 6.45) is -0.170. The second kappa shape index (κ2) is 5.65. The van der Waals surface area contributed by atoms with Gasteiger partial charge in [-0.1, -0.05) is 23.8 Å². The highest BCUT2D eigenvalue weighted by Crippen LogP contribution is 2.36. The van der Waals surface area contributed by atoms with Crippen LogP contribution in [0.5, 0.6) is 11.5 Å². The minimum Gasteiger partial charge on any atom is -0.486 e. The Morgan fingerprint density at radius 2 is 1.64 bits per heavy atom. The lowest BCUT2D eigenvalue weighted by Crippen LogP contribution is -2.39. The van der Waals surface area contributed by atoms with Crippen LogP contribution in [0.25, 0.3) is 0 Å². The predicted octanol–water partition coefficient (Wildman–Crippen LogP) is 3.76. The van der Waals surface area contributed by atoms with Crippen LogP contribution in [0.4, 0.5) is 0 Å². The quantitative estimate of drug-likeness (QED) is 0.918. The number of hydrogen-bond acceptors (Lipinski definition) is 3. The molecule has 1 aliphatic rings. The molecule has 0 spiro atoms. The van der Waals surface area contributed by atoms with Gasteiger partial charge in [0.2, 0.25) is 0 Å². The molecule has 0 fully saturated rings. The van der Waals surface area contributed by atoms with Crippen LogP contribution < -0.4 is 15.2 Å². The number of ether oxygens (including phenoxy) is 2. The van der Waals surface area contributed by atoms with Gasteiger partial charge in [-0.3, -0.25) is 0 Å². The summed E-state index contributed by atoms with van der Waals surface area (Å²) in [5.41, 5.74) is 12.4. The van der Waals surface area contributed by atoms with Crippen molar-refractivity contribution in [1.29, 1.82) is 0 Å². The molecule has 0 bridgehead atoms. The van der Waals surface area contributed by atoms with Crippen molar-refractivity contribution in [1.82, 2.24) is 0 Å². The van der Waals surface area contributed by atoms with Gasteiger partial charge >= 0.3 is 0 Å². The van der Waals surface area contributed by atoms with Crippen LogP contribution in [0, 0.1) is 27.7 Å². The number of aryl methyl sites for hydroxylation is 4. The van der Waals surface area contributed by atoms with Gasteiger partial charge in [-0.05, 0) is 62.1 Å². The Hall–Kier alpha value is -2.00. The van der Waals surface area contributed by atoms with Gasteiger partial charge in [0.25, 0.3) is 0 Å². The van der Waals surface area contributed by atoms with E-state index in [9.17, 15) is 0 Å². The molecule has 116 valence electrons. The van der Waals surface area contributed by atoms with Gasteiger partial charge in [-0.25, -0.2) is 0 Å². The zero-order valence-corrected chi connectivity index (χ0v) is 13.6. The zero-order chi connectivity index (χ0) is 15.9. The molecule has 0 amide bonds. The molecule has 2 unspecified atom stereocenters. The van der Waals surface area contributed by atoms with Crippen LogP contribution in [-0.2, 0) is 0 Å². The van der Waals surface area contributed by atoms with Crippen LogP contribution in [-0.4, -0.2) is 12.7 Å². The molecule has 22 heavy (non-hydrogen) atoms. The molecule has 2 aromatic rings. The Balaban J connectivity index is 1.86. The first kappa shape index (κ1) is 14.9. The molecular formula is C19H23NO2. The van der Waals surface area contributed by atoms with Gasteiger partial charge in [0, 0.05) is 0 Å². The molecule has 0 saturated heterocycles. The molecule has 3 nitrogen and oxygen atoms in total. The Kier molecular flexibility index (Phi) is 3.83. The lowest BCUT2D eigenvalue weighted by atomic mass is 9.96. The highest BCUT2D eigenvalue weighted by molar-refractivity contribution is 5.48. The van der Waals surface area contributed by atoms with E-state index in [-0.39, 0.29) is 12.1 Å². The normalized spacial score (nSPS) is 18.1. The predicted molar refractivity (Wildman–Crippen MR) is 88.7 cm³/mol. The highest BCUT2D eigenvalue weighted by Gasteiger charge is 2.28. The van der Waals surface area contributed by atoms with Gasteiger partial charge < -0.3 is 15.2 Å². The van der Waals surface area contributed by atoms with Crippen molar-refractivity contribution < 1.29 is 9.47 Å². The standard InChI is InChI=1S/C19H23NO2/c1-11-5-6-15(14(4)7-11)19(20)18-10-21-16-8-12(2)13(3)9-17(16)22-18/h5-9,18-19H,10,20H2,1-4H3. The van der Waals surface area contributed by atoms with Gasteiger partial charge in [0.15, 0.2) is 17.6 Å². The number of nitrogens with two attached hydrogens (primary N) is 1. The number of rotatable bonds is 2. The lowest BCUT2D eigenvalue weighted by molar-refractivity contribution is 0.0718. The van der Waals surface area contributed by atoms with Crippen molar-refractivity contribution >= 4 is 0 Å². The van der Waals surface area contributed by atoms with Crippen LogP contribution >= 0.6 is 0 Å². The van der Waals surface area contributed by atoms with E-state index in [4.69, 9.17) is 15.2 Å². The van der Waals surface area contributed by atoms with Crippen LogP contribution in [0.2, 0.25) is 0 Å². The molecule has 3 heteroatoms. The van der Waals surface area contributed by atoms with E-state index in [1.54, 1.807) is 0 Å². The van der Waals surface area contributed by atoms with E-state index in [0.29, 0.717) is 6.61 Å². The molecule has 0 radical (unpaired) electrons. The fourth-order valence-electron chi connectivity index (χ4n) is 2.91. The maximum atomic E-state index is 6.44. The summed E-state index contributed by atoms with van der Waals surface area (Å²) in [6.45, 7) is 8.81. The van der Waals surface area contributed by atoms with Gasteiger partial charge in [-0.2, -0.15) is 0 Å². The third kappa shape index (κ3) is 2.69. The number of fused-ring (bicyclic) bond motifs is 1. The number of hydrogen-bond donors (Lipinski definition) is 1. The maximum absolute atomic E-state index is 6.44. The molecule has 3 rings (SSSR count). The summed E-state index contributed by atoms with van der Waals surface area (Å²) in [5, 5.41) is 0. The molecule has 1 heterocycles. The van der Waals surface area contributed by atoms with Crippen molar-refractivity contribution in [2.75, 3.05) is 6.61 Å². The fraction of sp³-hybridized carbons (Fsp3) is 0.368. The molecule has 1 aliphatic heterocycles. The van der Waals surface area contributed by atoms with Gasteiger partial charge in [-0.15, -0.1) is 0 Å². The van der Waals surface area contributed by atoms with Crippen molar-refractivity contribution in [3.8, 4) is 11.5 Å². The summed E-state index contributed by atoms with van der Waals surface area (Å²) < 4.78 is 12.0. The van der Waals surface area contributed by atoms with E-state index in [0.717, 1.165) is 17.1 Å². The Labute approximate surface area is 132 Å². The summed E-state index contributed by atoms with van der Waals surface area (Å²) >= 11 is 0. The third-order valence-corrected chi connectivity index (χ3v) is 4.43. The molecule has 0 aliphatic carbocycles. The minimum absolute atomic E-state index is 0.170. The molecule has 0 saturated carbocycles. The van der Waals surface area contributed by atoms with Gasteiger partial charge in [0.05, 0.1) is 6.04 Å². The van der Waals surface area contributed by atoms with Crippen LogP contribution in [0.15, 0.2) is 30.3 Å². The van der Waals surface area contributed by atoms with Crippen molar-refractivity contribution in [2.45, 2.75) is 39.8 Å². The number of benzene rings is 2. The monoisotopic (exact) mass is 297 g/mol. The molecule has 0 aromatic heterocycles. The van der Waals surface area contributed by atoms with Crippen LogP contribution in [0.1, 0.15) is 33.9 Å². The summed E-state index contributed by atoms with van der Waals surface area (Å²) in [4.78, 5) is 0. The lowest BCUT2D eigenvalue weighted by Gasteiger charge is -2.31. The van der Waals surface area contributed by atoms with Crippen LogP contribution in [0.3, 0.4) is 0 Å².